The van der Waals surface area contributed by atoms with Crippen LogP contribution in [-0.4, -0.2) is 38.3 Å². The Morgan fingerprint density at radius 2 is 1.68 bits per heavy atom. The van der Waals surface area contributed by atoms with Crippen LogP contribution in [0.4, 0.5) is 24.5 Å². The standard InChI is InChI=1S/C28H26ClF3N2O4/c1-16(2)38-24-15-22-18(13-23(24)37-4)14-25(35)34(26(22)17-5-7-19(29)8-6-17)21-11-9-20(10-12-21)33(3)27(36)28(30,31)32/h5-13,15-16,26H,14H2,1-4H3. The Morgan fingerprint density at radius 3 is 2.24 bits per heavy atom. The second-order valence-corrected chi connectivity index (χ2v) is 9.58. The van der Waals surface area contributed by atoms with Gasteiger partial charge in [0.05, 0.1) is 25.7 Å². The molecule has 2 amide bonds. The molecule has 1 aliphatic rings. The van der Waals surface area contributed by atoms with E-state index >= 15 is 0 Å². The third-order valence-electron chi connectivity index (χ3n) is 6.20. The van der Waals surface area contributed by atoms with E-state index in [2.05, 4.69) is 0 Å². The molecule has 10 heteroatoms. The van der Waals surface area contributed by atoms with Crippen LogP contribution in [0.5, 0.6) is 11.5 Å². The van der Waals surface area contributed by atoms with Gasteiger partial charge in [0.25, 0.3) is 0 Å². The monoisotopic (exact) mass is 546 g/mol. The fraction of sp³-hybridized carbons (Fsp3) is 0.286. The van der Waals surface area contributed by atoms with Crippen molar-refractivity contribution in [3.8, 4) is 11.5 Å². The van der Waals surface area contributed by atoms with Gasteiger partial charge in [-0.05, 0) is 79.1 Å². The maximum atomic E-state index is 13.5. The van der Waals surface area contributed by atoms with Crippen LogP contribution in [0.3, 0.4) is 0 Å². The smallest absolute Gasteiger partial charge is 0.471 e. The maximum Gasteiger partial charge on any atom is 0.471 e. The van der Waals surface area contributed by atoms with Gasteiger partial charge in [0.15, 0.2) is 11.5 Å². The topological polar surface area (TPSA) is 59.1 Å². The number of hydrogen-bond acceptors (Lipinski definition) is 4. The molecule has 0 radical (unpaired) electrons. The van der Waals surface area contributed by atoms with Gasteiger partial charge < -0.3 is 19.3 Å². The predicted octanol–water partition coefficient (Wildman–Crippen LogP) is 6.34. The number of amides is 2. The predicted molar refractivity (Wildman–Crippen MR) is 139 cm³/mol. The number of halogens is 4. The number of methoxy groups -OCH3 is 1. The van der Waals surface area contributed by atoms with Gasteiger partial charge in [-0.1, -0.05) is 23.7 Å². The van der Waals surface area contributed by atoms with Crippen LogP contribution >= 0.6 is 11.6 Å². The highest BCUT2D eigenvalue weighted by Crippen LogP contribution is 2.44. The Balaban J connectivity index is 1.82. The molecule has 0 N–H and O–H groups in total. The molecule has 3 aromatic rings. The van der Waals surface area contributed by atoms with Crippen LogP contribution in [0.1, 0.15) is 36.6 Å². The number of fused-ring (bicyclic) bond motifs is 1. The van der Waals surface area contributed by atoms with Gasteiger partial charge in [0, 0.05) is 23.4 Å². The summed E-state index contributed by atoms with van der Waals surface area (Å²) >= 11 is 6.13. The Morgan fingerprint density at radius 1 is 1.05 bits per heavy atom. The lowest BCUT2D eigenvalue weighted by Crippen LogP contribution is -2.41. The van der Waals surface area contributed by atoms with Gasteiger partial charge >= 0.3 is 12.1 Å². The fourth-order valence-corrected chi connectivity index (χ4v) is 4.60. The fourth-order valence-electron chi connectivity index (χ4n) is 4.47. The van der Waals surface area contributed by atoms with Gasteiger partial charge in [-0.3, -0.25) is 9.59 Å². The first-order chi connectivity index (χ1) is 17.9. The molecule has 0 bridgehead atoms. The molecular formula is C28H26ClF3N2O4. The lowest BCUT2D eigenvalue weighted by atomic mass is 9.86. The summed E-state index contributed by atoms with van der Waals surface area (Å²) in [5.74, 6) is -1.17. The minimum Gasteiger partial charge on any atom is -0.493 e. The molecule has 0 spiro atoms. The van der Waals surface area contributed by atoms with E-state index in [0.29, 0.717) is 27.1 Å². The van der Waals surface area contributed by atoms with Crippen molar-refractivity contribution < 1.29 is 32.2 Å². The van der Waals surface area contributed by atoms with Crippen molar-refractivity contribution in [3.63, 3.8) is 0 Å². The maximum absolute atomic E-state index is 13.5. The van der Waals surface area contributed by atoms with E-state index in [1.54, 1.807) is 23.1 Å². The molecule has 1 heterocycles. The van der Waals surface area contributed by atoms with Gasteiger partial charge in [-0.25, -0.2) is 0 Å². The molecular weight excluding hydrogens is 521 g/mol. The molecule has 3 aromatic carbocycles. The van der Waals surface area contributed by atoms with E-state index in [1.807, 2.05) is 32.0 Å². The number of carbonyl (C=O) groups excluding carboxylic acids is 2. The highest BCUT2D eigenvalue weighted by atomic mass is 35.5. The summed E-state index contributed by atoms with van der Waals surface area (Å²) in [6, 6.07) is 16.0. The summed E-state index contributed by atoms with van der Waals surface area (Å²) in [5, 5.41) is 0.531. The third kappa shape index (κ3) is 5.43. The average Bonchev–Trinajstić information content (AvgIpc) is 2.87. The molecule has 1 atom stereocenters. The largest absolute Gasteiger partial charge is 0.493 e. The number of alkyl halides is 3. The minimum atomic E-state index is -5.00. The Labute approximate surface area is 223 Å². The first kappa shape index (κ1) is 27.3. The summed E-state index contributed by atoms with van der Waals surface area (Å²) in [6.45, 7) is 3.79. The molecule has 0 aliphatic carbocycles. The van der Waals surface area contributed by atoms with E-state index in [4.69, 9.17) is 21.1 Å². The summed E-state index contributed by atoms with van der Waals surface area (Å²) in [7, 11) is 2.58. The molecule has 1 unspecified atom stereocenters. The molecule has 0 saturated heterocycles. The number of ether oxygens (including phenoxy) is 2. The van der Waals surface area contributed by atoms with E-state index in [0.717, 1.165) is 23.7 Å². The van der Waals surface area contributed by atoms with Crippen molar-refractivity contribution >= 4 is 34.8 Å². The van der Waals surface area contributed by atoms with Crippen molar-refractivity contribution in [1.29, 1.82) is 0 Å². The van der Waals surface area contributed by atoms with E-state index in [-0.39, 0.29) is 24.1 Å². The first-order valence-electron chi connectivity index (χ1n) is 11.8. The molecule has 0 aromatic heterocycles. The third-order valence-corrected chi connectivity index (χ3v) is 6.45. The van der Waals surface area contributed by atoms with Crippen molar-refractivity contribution in [2.24, 2.45) is 0 Å². The van der Waals surface area contributed by atoms with E-state index in [1.165, 1.54) is 31.4 Å². The van der Waals surface area contributed by atoms with E-state index in [9.17, 15) is 22.8 Å². The number of hydrogen-bond donors (Lipinski definition) is 0. The molecule has 0 fully saturated rings. The Bertz CT molecular complexity index is 1340. The summed E-state index contributed by atoms with van der Waals surface area (Å²) in [5.41, 5.74) is 2.86. The summed E-state index contributed by atoms with van der Waals surface area (Å²) in [6.07, 6.45) is -5.05. The second-order valence-electron chi connectivity index (χ2n) is 9.14. The lowest BCUT2D eigenvalue weighted by Gasteiger charge is -2.38. The molecule has 1 aliphatic heterocycles. The van der Waals surface area contributed by atoms with Gasteiger partial charge in [0.2, 0.25) is 5.91 Å². The van der Waals surface area contributed by atoms with Crippen LogP contribution in [0.2, 0.25) is 5.02 Å². The Kier molecular flexibility index (Phi) is 7.60. The number of nitrogens with zero attached hydrogens (tertiary/aromatic N) is 2. The van der Waals surface area contributed by atoms with Gasteiger partial charge in [-0.15, -0.1) is 0 Å². The number of carbonyl (C=O) groups is 2. The highest BCUT2D eigenvalue weighted by molar-refractivity contribution is 6.30. The highest BCUT2D eigenvalue weighted by Gasteiger charge is 2.42. The number of benzene rings is 3. The molecule has 38 heavy (non-hydrogen) atoms. The van der Waals surface area contributed by atoms with Crippen LogP contribution in [0, 0.1) is 0 Å². The number of anilines is 2. The molecule has 4 rings (SSSR count). The molecule has 0 saturated carbocycles. The van der Waals surface area contributed by atoms with Crippen LogP contribution in [0.25, 0.3) is 0 Å². The summed E-state index contributed by atoms with van der Waals surface area (Å²) in [4.78, 5) is 27.3. The van der Waals surface area contributed by atoms with Crippen molar-refractivity contribution in [3.05, 3.63) is 82.4 Å². The first-order valence-corrected chi connectivity index (χ1v) is 12.2. The van der Waals surface area contributed by atoms with Crippen LogP contribution in [0.15, 0.2) is 60.7 Å². The zero-order valence-corrected chi connectivity index (χ0v) is 21.9. The SMILES string of the molecule is COc1cc2c(cc1OC(C)C)C(c1ccc(Cl)cc1)N(c1ccc(N(C)C(=O)C(F)(F)F)cc1)C(=O)C2. The summed E-state index contributed by atoms with van der Waals surface area (Å²) < 4.78 is 50.2. The average molecular weight is 547 g/mol. The zero-order valence-electron chi connectivity index (χ0n) is 21.2. The molecule has 200 valence electrons. The van der Waals surface area contributed by atoms with Gasteiger partial charge in [0.1, 0.15) is 0 Å². The Hall–Kier alpha value is -3.72. The second kappa shape index (κ2) is 10.6. The van der Waals surface area contributed by atoms with Crippen LogP contribution < -0.4 is 19.3 Å². The normalized spacial score (nSPS) is 15.3. The minimum absolute atomic E-state index is 0.0429. The van der Waals surface area contributed by atoms with Crippen molar-refractivity contribution in [1.82, 2.24) is 0 Å². The van der Waals surface area contributed by atoms with Gasteiger partial charge in [-0.2, -0.15) is 13.2 Å². The zero-order chi connectivity index (χ0) is 27.8. The quantitative estimate of drug-likeness (QED) is 0.362. The van der Waals surface area contributed by atoms with Crippen molar-refractivity contribution in [2.45, 2.75) is 38.6 Å². The van der Waals surface area contributed by atoms with Crippen LogP contribution in [-0.2, 0) is 16.0 Å². The lowest BCUT2D eigenvalue weighted by molar-refractivity contribution is -0.170. The molecule has 6 nitrogen and oxygen atoms in total. The number of rotatable bonds is 6. The van der Waals surface area contributed by atoms with Crippen molar-refractivity contribution in [2.75, 3.05) is 24.0 Å². The van der Waals surface area contributed by atoms with E-state index < -0.39 is 18.1 Å².